The Kier molecular flexibility index (Phi) is 6.70. The largest absolute Gasteiger partial charge is 0.493 e. The molecule has 0 amide bonds. The first-order valence-corrected chi connectivity index (χ1v) is 9.26. The summed E-state index contributed by atoms with van der Waals surface area (Å²) < 4.78 is 71.9. The minimum atomic E-state index is -4.69. The summed E-state index contributed by atoms with van der Waals surface area (Å²) in [5, 5.41) is 11.8. The smallest absolute Gasteiger partial charge is 0.419 e. The average Bonchev–Trinajstić information content (AvgIpc) is 3.10. The Morgan fingerprint density at radius 2 is 2.03 bits per heavy atom. The van der Waals surface area contributed by atoms with Gasteiger partial charge in [0.15, 0.2) is 5.69 Å². The molecule has 0 radical (unpaired) electrons. The second kappa shape index (κ2) is 9.26. The predicted octanol–water partition coefficient (Wildman–Crippen LogP) is 4.15. The van der Waals surface area contributed by atoms with Crippen LogP contribution in [0.4, 0.5) is 22.0 Å². The lowest BCUT2D eigenvalue weighted by Crippen LogP contribution is -2.23. The van der Waals surface area contributed by atoms with Gasteiger partial charge in [0.05, 0.1) is 36.3 Å². The number of nitrogens with one attached hydrogen (secondary N) is 1. The van der Waals surface area contributed by atoms with E-state index in [2.05, 4.69) is 15.3 Å². The first kappa shape index (κ1) is 22.4. The Hall–Kier alpha value is -3.26. The minimum Gasteiger partial charge on any atom is -0.493 e. The fourth-order valence-corrected chi connectivity index (χ4v) is 2.98. The van der Waals surface area contributed by atoms with Gasteiger partial charge in [-0.15, -0.1) is 0 Å². The van der Waals surface area contributed by atoms with Crippen molar-refractivity contribution in [2.24, 2.45) is 7.05 Å². The number of nitriles is 1. The number of imidazole rings is 1. The lowest BCUT2D eigenvalue weighted by molar-refractivity contribution is -0.138. The lowest BCUT2D eigenvalue weighted by atomic mass is 10.1. The molecule has 0 aliphatic rings. The van der Waals surface area contributed by atoms with Crippen molar-refractivity contribution in [3.63, 3.8) is 0 Å². The molecule has 0 fully saturated rings. The fraction of sp³-hybridized carbons (Fsp3) is 0.350. The summed E-state index contributed by atoms with van der Waals surface area (Å²) in [4.78, 5) is 8.24. The van der Waals surface area contributed by atoms with Crippen molar-refractivity contribution in [3.8, 4) is 23.1 Å². The van der Waals surface area contributed by atoms with Crippen molar-refractivity contribution in [2.75, 3.05) is 19.7 Å². The highest BCUT2D eigenvalue weighted by atomic mass is 19.4. The molecular formula is C20H18F5N5O. The van der Waals surface area contributed by atoms with Crippen LogP contribution in [0.2, 0.25) is 0 Å². The molecule has 11 heteroatoms. The lowest BCUT2D eigenvalue weighted by Gasteiger charge is -2.15. The highest BCUT2D eigenvalue weighted by Crippen LogP contribution is 2.39. The third-order valence-electron chi connectivity index (χ3n) is 4.45. The van der Waals surface area contributed by atoms with Gasteiger partial charge in [-0.05, 0) is 37.2 Å². The van der Waals surface area contributed by atoms with E-state index in [0.29, 0.717) is 11.0 Å². The quantitative estimate of drug-likeness (QED) is 0.422. The summed E-state index contributed by atoms with van der Waals surface area (Å²) in [5.74, 6) is -0.368. The van der Waals surface area contributed by atoms with E-state index in [4.69, 9.17) is 4.74 Å². The molecule has 0 unspecified atom stereocenters. The molecular weight excluding hydrogens is 421 g/mol. The second-order valence-corrected chi connectivity index (χ2v) is 6.70. The molecule has 1 N–H and O–H groups in total. The maximum absolute atomic E-state index is 13.6. The molecule has 31 heavy (non-hydrogen) atoms. The van der Waals surface area contributed by atoms with Crippen LogP contribution in [0.25, 0.3) is 22.3 Å². The summed E-state index contributed by atoms with van der Waals surface area (Å²) >= 11 is 0. The van der Waals surface area contributed by atoms with Crippen molar-refractivity contribution < 1.29 is 26.7 Å². The van der Waals surface area contributed by atoms with Crippen LogP contribution >= 0.6 is 0 Å². The molecule has 0 saturated heterocycles. The van der Waals surface area contributed by atoms with Gasteiger partial charge in [-0.2, -0.15) is 18.4 Å². The van der Waals surface area contributed by atoms with Gasteiger partial charge in [0.25, 0.3) is 6.43 Å². The standard InChI is InChI=1S/C20H18F5N5O/c1-30-11-28-19-15(9-26)29-14(8-16(19)30)12-3-4-17(13(7-12)20(23,24)25)31-6-2-5-27-10-18(21)22/h3-4,7-8,11,18,27H,2,5-6,10H2,1H3. The van der Waals surface area contributed by atoms with Crippen molar-refractivity contribution in [1.29, 1.82) is 5.26 Å². The molecule has 0 aliphatic carbocycles. The molecule has 0 spiro atoms. The number of benzene rings is 1. The van der Waals surface area contributed by atoms with Crippen LogP contribution in [0.1, 0.15) is 17.7 Å². The Labute approximate surface area is 174 Å². The van der Waals surface area contributed by atoms with Gasteiger partial charge in [0.1, 0.15) is 17.3 Å². The Morgan fingerprint density at radius 3 is 2.71 bits per heavy atom. The van der Waals surface area contributed by atoms with Crippen molar-refractivity contribution in [3.05, 3.63) is 41.9 Å². The summed E-state index contributed by atoms with van der Waals surface area (Å²) in [6.07, 6.45) is -5.43. The summed E-state index contributed by atoms with van der Waals surface area (Å²) in [6.45, 7) is -0.368. The number of aromatic nitrogens is 3. The normalized spacial score (nSPS) is 11.8. The molecule has 0 bridgehead atoms. The number of halogens is 5. The van der Waals surface area contributed by atoms with Crippen LogP contribution in [0.15, 0.2) is 30.6 Å². The maximum Gasteiger partial charge on any atom is 0.419 e. The van der Waals surface area contributed by atoms with Crippen LogP contribution in [-0.4, -0.2) is 40.7 Å². The molecule has 3 aromatic rings. The van der Waals surface area contributed by atoms with E-state index < -0.39 is 24.7 Å². The number of ether oxygens (including phenoxy) is 1. The molecule has 0 aliphatic heterocycles. The first-order valence-electron chi connectivity index (χ1n) is 9.26. The number of hydrogen-bond donors (Lipinski definition) is 1. The molecule has 2 heterocycles. The van der Waals surface area contributed by atoms with Gasteiger partial charge in [0.2, 0.25) is 0 Å². The van der Waals surface area contributed by atoms with Gasteiger partial charge in [-0.25, -0.2) is 18.7 Å². The fourth-order valence-electron chi connectivity index (χ4n) is 2.98. The van der Waals surface area contributed by atoms with Crippen LogP contribution < -0.4 is 10.1 Å². The second-order valence-electron chi connectivity index (χ2n) is 6.70. The number of aryl methyl sites for hydroxylation is 1. The predicted molar refractivity (Wildman–Crippen MR) is 103 cm³/mol. The Morgan fingerprint density at radius 1 is 1.26 bits per heavy atom. The molecule has 3 rings (SSSR count). The van der Waals surface area contributed by atoms with Crippen LogP contribution in [0, 0.1) is 11.3 Å². The van der Waals surface area contributed by atoms with Gasteiger partial charge < -0.3 is 14.6 Å². The maximum atomic E-state index is 13.6. The van der Waals surface area contributed by atoms with Crippen molar-refractivity contribution >= 4 is 11.0 Å². The number of rotatable bonds is 8. The Bertz CT molecular complexity index is 1100. The molecule has 6 nitrogen and oxygen atoms in total. The first-order chi connectivity index (χ1) is 14.7. The SMILES string of the molecule is Cn1cnc2c(C#N)nc(-c3ccc(OCCCNCC(F)F)c(C(F)(F)F)c3)cc21. The van der Waals surface area contributed by atoms with Crippen molar-refractivity contribution in [2.45, 2.75) is 19.0 Å². The zero-order chi connectivity index (χ0) is 22.6. The van der Waals surface area contributed by atoms with Crippen LogP contribution in [-0.2, 0) is 13.2 Å². The van der Waals surface area contributed by atoms with E-state index in [-0.39, 0.29) is 42.3 Å². The van der Waals surface area contributed by atoms with E-state index in [1.165, 1.54) is 18.5 Å². The number of hydrogen-bond acceptors (Lipinski definition) is 5. The van der Waals surface area contributed by atoms with Gasteiger partial charge in [-0.1, -0.05) is 0 Å². The highest BCUT2D eigenvalue weighted by molar-refractivity contribution is 5.84. The molecule has 0 saturated carbocycles. The number of fused-ring (bicyclic) bond motifs is 1. The minimum absolute atomic E-state index is 0.0123. The van der Waals surface area contributed by atoms with E-state index in [0.717, 1.165) is 6.07 Å². The average molecular weight is 439 g/mol. The van der Waals surface area contributed by atoms with Crippen LogP contribution in [0.5, 0.6) is 5.75 Å². The van der Waals surface area contributed by atoms with Gasteiger partial charge in [-0.3, -0.25) is 0 Å². The molecule has 2 aromatic heterocycles. The van der Waals surface area contributed by atoms with E-state index >= 15 is 0 Å². The summed E-state index contributed by atoms with van der Waals surface area (Å²) in [5.41, 5.74) is 0.310. The molecule has 164 valence electrons. The zero-order valence-corrected chi connectivity index (χ0v) is 16.4. The molecule has 0 atom stereocenters. The monoisotopic (exact) mass is 439 g/mol. The van der Waals surface area contributed by atoms with Gasteiger partial charge >= 0.3 is 6.18 Å². The summed E-state index contributed by atoms with van der Waals surface area (Å²) in [6, 6.07) is 7.00. The number of alkyl halides is 5. The third-order valence-corrected chi connectivity index (χ3v) is 4.45. The number of nitrogens with zero attached hydrogens (tertiary/aromatic N) is 4. The highest BCUT2D eigenvalue weighted by Gasteiger charge is 2.35. The van der Waals surface area contributed by atoms with E-state index in [9.17, 15) is 27.2 Å². The zero-order valence-electron chi connectivity index (χ0n) is 16.4. The summed E-state index contributed by atoms with van der Waals surface area (Å²) in [7, 11) is 1.70. The topological polar surface area (TPSA) is 75.8 Å². The van der Waals surface area contributed by atoms with Crippen LogP contribution in [0.3, 0.4) is 0 Å². The third kappa shape index (κ3) is 5.27. The van der Waals surface area contributed by atoms with E-state index in [1.807, 2.05) is 6.07 Å². The van der Waals surface area contributed by atoms with Gasteiger partial charge in [0, 0.05) is 12.6 Å². The Balaban J connectivity index is 1.86. The molecule has 1 aromatic carbocycles. The number of pyridine rings is 1. The van der Waals surface area contributed by atoms with Crippen molar-refractivity contribution in [1.82, 2.24) is 19.9 Å². The van der Waals surface area contributed by atoms with E-state index in [1.54, 1.807) is 17.7 Å².